The molecule has 62 heavy (non-hydrogen) atoms. The van der Waals surface area contributed by atoms with Gasteiger partial charge in [0.2, 0.25) is 0 Å². The van der Waals surface area contributed by atoms with Crippen molar-refractivity contribution in [1.82, 2.24) is 9.80 Å². The van der Waals surface area contributed by atoms with E-state index in [4.69, 9.17) is 18.9 Å². The number of nitrogens with zero attached hydrogens (tertiary/aromatic N) is 2. The minimum atomic E-state index is -0.374. The van der Waals surface area contributed by atoms with Crippen molar-refractivity contribution >= 4 is 18.2 Å². The molecule has 0 aromatic rings. The van der Waals surface area contributed by atoms with Crippen LogP contribution >= 0.6 is 0 Å². The number of aldehydes is 1. The molecule has 0 heterocycles. The van der Waals surface area contributed by atoms with Gasteiger partial charge in [0.25, 0.3) is 0 Å². The van der Waals surface area contributed by atoms with E-state index < -0.39 is 0 Å². The molecule has 0 saturated heterocycles. The summed E-state index contributed by atoms with van der Waals surface area (Å²) in [4.78, 5) is 40.7. The maximum Gasteiger partial charge on any atom is 0.305 e. The second-order valence-corrected chi connectivity index (χ2v) is 17.0. The number of carbonyl (C=O) groups excluding carboxylic acids is 3. The zero-order chi connectivity index (χ0) is 45.2. The molecule has 0 fully saturated rings. The van der Waals surface area contributed by atoms with Crippen molar-refractivity contribution in [3.8, 4) is 0 Å². The first-order chi connectivity index (χ1) is 30.5. The third kappa shape index (κ3) is 44.5. The lowest BCUT2D eigenvalue weighted by molar-refractivity contribution is -0.159. The third-order valence-electron chi connectivity index (χ3n) is 11.2. The van der Waals surface area contributed by atoms with E-state index in [2.05, 4.69) is 54.9 Å². The van der Waals surface area contributed by atoms with Gasteiger partial charge in [-0.15, -0.1) is 0 Å². The maximum absolute atomic E-state index is 12.6. The highest BCUT2D eigenvalue weighted by atomic mass is 16.7. The van der Waals surface area contributed by atoms with Gasteiger partial charge in [-0.05, 0) is 122 Å². The van der Waals surface area contributed by atoms with E-state index in [9.17, 15) is 19.5 Å². The number of ether oxygens (including phenoxy) is 4. The molecule has 0 unspecified atom stereocenters. The molecule has 10 nitrogen and oxygen atoms in total. The number of carbonyl (C=O) groups is 3. The fraction of sp³-hybridized carbons (Fsp3) is 0.865. The Morgan fingerprint density at radius 1 is 0.468 bits per heavy atom. The molecular weight excluding hydrogens is 781 g/mol. The number of rotatable bonds is 50. The highest BCUT2D eigenvalue weighted by Crippen LogP contribution is 2.13. The lowest BCUT2D eigenvalue weighted by atomic mass is 10.1. The number of esters is 2. The monoisotopic (exact) mass is 879 g/mol. The molecule has 0 aromatic heterocycles. The van der Waals surface area contributed by atoms with Crippen LogP contribution in [-0.2, 0) is 33.3 Å². The first-order valence-electron chi connectivity index (χ1n) is 25.8. The summed E-state index contributed by atoms with van der Waals surface area (Å²) in [6.45, 7) is 14.8. The van der Waals surface area contributed by atoms with Gasteiger partial charge in [-0.3, -0.25) is 9.59 Å². The summed E-state index contributed by atoms with van der Waals surface area (Å²) >= 11 is 0. The average molecular weight is 879 g/mol. The summed E-state index contributed by atoms with van der Waals surface area (Å²) in [6.07, 6.45) is 39.1. The lowest BCUT2D eigenvalue weighted by Gasteiger charge is -2.28. The van der Waals surface area contributed by atoms with Crippen LogP contribution in [0.2, 0.25) is 0 Å². The number of hydrogen-bond donors (Lipinski definition) is 1. The summed E-state index contributed by atoms with van der Waals surface area (Å²) in [7, 11) is 0. The number of unbranched alkanes of at least 4 members (excludes halogenated alkanes) is 18. The Labute approximate surface area is 381 Å². The quantitative estimate of drug-likeness (QED) is 0.0208. The highest BCUT2D eigenvalue weighted by Gasteiger charge is 2.14. The van der Waals surface area contributed by atoms with Crippen molar-refractivity contribution in [3.05, 3.63) is 24.3 Å². The van der Waals surface area contributed by atoms with Crippen molar-refractivity contribution in [1.29, 1.82) is 0 Å². The first kappa shape index (κ1) is 59.9. The fourth-order valence-electron chi connectivity index (χ4n) is 7.31. The van der Waals surface area contributed by atoms with Crippen LogP contribution in [0.3, 0.4) is 0 Å². The second kappa shape index (κ2) is 49.9. The Hall–Kier alpha value is -2.11. The maximum atomic E-state index is 12.6. The molecule has 0 rings (SSSR count). The van der Waals surface area contributed by atoms with Crippen molar-refractivity contribution in [3.63, 3.8) is 0 Å². The second-order valence-electron chi connectivity index (χ2n) is 17.0. The SMILES string of the molecule is CC/C=C\CCCCOC(CCC(=O)OCCCCCCN(CCCO)CCN(CCCCCC=O)CCCCCC(=O)OCCCCCCCCC)OCCCC/C=C\CC. The van der Waals surface area contributed by atoms with Crippen LogP contribution in [0.15, 0.2) is 24.3 Å². The van der Waals surface area contributed by atoms with Crippen LogP contribution in [0.4, 0.5) is 0 Å². The predicted octanol–water partition coefficient (Wildman–Crippen LogP) is 12.1. The van der Waals surface area contributed by atoms with Gasteiger partial charge in [-0.1, -0.05) is 109 Å². The predicted molar refractivity (Wildman–Crippen MR) is 257 cm³/mol. The third-order valence-corrected chi connectivity index (χ3v) is 11.2. The van der Waals surface area contributed by atoms with E-state index in [1.165, 1.54) is 32.1 Å². The topological polar surface area (TPSA) is 115 Å². The van der Waals surface area contributed by atoms with Gasteiger partial charge < -0.3 is 38.6 Å². The number of hydrogen-bond acceptors (Lipinski definition) is 10. The number of aliphatic hydroxyl groups excluding tert-OH is 1. The van der Waals surface area contributed by atoms with Crippen LogP contribution in [0.5, 0.6) is 0 Å². The van der Waals surface area contributed by atoms with E-state index in [1.807, 2.05) is 0 Å². The van der Waals surface area contributed by atoms with Crippen molar-refractivity contribution in [2.45, 2.75) is 220 Å². The normalized spacial score (nSPS) is 11.9. The van der Waals surface area contributed by atoms with Gasteiger partial charge in [0, 0.05) is 58.7 Å². The zero-order valence-electron chi connectivity index (χ0n) is 40.7. The van der Waals surface area contributed by atoms with Crippen molar-refractivity contribution < 1.29 is 38.4 Å². The van der Waals surface area contributed by atoms with Crippen LogP contribution in [0, 0.1) is 0 Å². The number of allylic oxidation sites excluding steroid dienone is 4. The summed E-state index contributed by atoms with van der Waals surface area (Å²) in [5.74, 6) is -0.245. The van der Waals surface area contributed by atoms with Gasteiger partial charge in [0.05, 0.1) is 19.6 Å². The van der Waals surface area contributed by atoms with Crippen LogP contribution in [-0.4, -0.2) is 112 Å². The van der Waals surface area contributed by atoms with Gasteiger partial charge in [0.15, 0.2) is 6.29 Å². The van der Waals surface area contributed by atoms with E-state index in [1.54, 1.807) is 0 Å². The van der Waals surface area contributed by atoms with Gasteiger partial charge >= 0.3 is 11.9 Å². The van der Waals surface area contributed by atoms with E-state index >= 15 is 0 Å². The fourth-order valence-corrected chi connectivity index (χ4v) is 7.31. The minimum absolute atomic E-state index is 0.0614. The Kier molecular flexibility index (Phi) is 48.2. The van der Waals surface area contributed by atoms with Crippen LogP contribution in [0.1, 0.15) is 213 Å². The van der Waals surface area contributed by atoms with E-state index in [0.29, 0.717) is 52.1 Å². The lowest BCUT2D eigenvalue weighted by Crippen LogP contribution is -2.37. The summed E-state index contributed by atoms with van der Waals surface area (Å²) < 4.78 is 23.2. The summed E-state index contributed by atoms with van der Waals surface area (Å²) in [5, 5.41) is 9.58. The molecule has 0 aromatic carbocycles. The summed E-state index contributed by atoms with van der Waals surface area (Å²) in [6, 6.07) is 0. The van der Waals surface area contributed by atoms with E-state index in [-0.39, 0.29) is 24.8 Å². The van der Waals surface area contributed by atoms with Crippen molar-refractivity contribution in [2.24, 2.45) is 0 Å². The molecule has 0 saturated carbocycles. The van der Waals surface area contributed by atoms with Gasteiger partial charge in [-0.25, -0.2) is 0 Å². The standard InChI is InChI=1S/C52H98N2O8/c1-4-7-10-13-16-22-30-46-59-50(57)35-25-24-28-40-53(38-26-17-19-29-44-55)42-43-54(41-34-45-56)39-27-18-23-31-47-60-51(58)36-37-52(61-48-32-20-14-11-8-5-2)62-49-33-21-15-12-9-6-3/h8-9,11-12,44,52,56H,4-7,10,13-43,45-49H2,1-3H3/b11-8-,12-9-. The molecule has 0 atom stereocenters. The Morgan fingerprint density at radius 3 is 1.42 bits per heavy atom. The summed E-state index contributed by atoms with van der Waals surface area (Å²) in [5.41, 5.74) is 0. The molecule has 0 spiro atoms. The molecule has 0 aliphatic carbocycles. The number of aliphatic hydroxyl groups is 1. The smallest absolute Gasteiger partial charge is 0.305 e. The van der Waals surface area contributed by atoms with Crippen LogP contribution in [0.25, 0.3) is 0 Å². The molecule has 0 amide bonds. The van der Waals surface area contributed by atoms with Gasteiger partial charge in [0.1, 0.15) is 6.29 Å². The molecule has 0 radical (unpaired) electrons. The zero-order valence-corrected chi connectivity index (χ0v) is 40.7. The average Bonchev–Trinajstić information content (AvgIpc) is 3.27. The molecule has 0 bridgehead atoms. The molecule has 364 valence electrons. The first-order valence-corrected chi connectivity index (χ1v) is 25.8. The Morgan fingerprint density at radius 2 is 0.903 bits per heavy atom. The largest absolute Gasteiger partial charge is 0.466 e. The highest BCUT2D eigenvalue weighted by molar-refractivity contribution is 5.69. The Bertz CT molecular complexity index is 1000. The minimum Gasteiger partial charge on any atom is -0.466 e. The molecule has 0 aliphatic rings. The molecule has 0 aliphatic heterocycles. The molecular formula is C52H98N2O8. The van der Waals surface area contributed by atoms with E-state index in [0.717, 1.165) is 180 Å². The van der Waals surface area contributed by atoms with Crippen molar-refractivity contribution in [2.75, 3.05) is 72.3 Å². The molecule has 10 heteroatoms. The Balaban J connectivity index is 4.55. The van der Waals surface area contributed by atoms with Crippen LogP contribution < -0.4 is 0 Å². The molecule has 1 N–H and O–H groups in total. The van der Waals surface area contributed by atoms with Gasteiger partial charge in [-0.2, -0.15) is 0 Å².